The van der Waals surface area contributed by atoms with Gasteiger partial charge in [-0.2, -0.15) is 0 Å². The third-order valence-corrected chi connectivity index (χ3v) is 2.88. The van der Waals surface area contributed by atoms with E-state index in [9.17, 15) is 9.59 Å². The van der Waals surface area contributed by atoms with Crippen LogP contribution in [0.1, 0.15) is 22.5 Å². The van der Waals surface area contributed by atoms with Gasteiger partial charge in [0.2, 0.25) is 5.91 Å². The summed E-state index contributed by atoms with van der Waals surface area (Å²) in [6, 6.07) is 8.51. The number of carbonyl (C=O) groups excluding carboxylic acids is 2. The zero-order valence-corrected chi connectivity index (χ0v) is 12.4. The molecular formula is C15H17N3O4. The third kappa shape index (κ3) is 4.08. The first kappa shape index (κ1) is 15.6. The molecule has 0 radical (unpaired) electrons. The summed E-state index contributed by atoms with van der Waals surface area (Å²) in [7, 11) is 1.50. The standard InChI is InChI=1S/C15H17N3O4/c1-10-9-13(18-22-10)17-14(19)7-8-16-15(20)11-5-3-4-6-12(11)21-2/h3-6,9H,7-8H2,1-2H3,(H,16,20)(H,17,18,19). The molecule has 0 fully saturated rings. The number of ether oxygens (including phenoxy) is 1. The van der Waals surface area contributed by atoms with E-state index in [1.54, 1.807) is 37.3 Å². The summed E-state index contributed by atoms with van der Waals surface area (Å²) in [5.74, 6) is 0.914. The summed E-state index contributed by atoms with van der Waals surface area (Å²) in [5, 5.41) is 8.91. The molecule has 1 aromatic heterocycles. The highest BCUT2D eigenvalue weighted by molar-refractivity contribution is 5.97. The van der Waals surface area contributed by atoms with Crippen LogP contribution in [0.15, 0.2) is 34.9 Å². The van der Waals surface area contributed by atoms with Gasteiger partial charge >= 0.3 is 0 Å². The molecule has 7 heteroatoms. The Morgan fingerprint density at radius 1 is 1.32 bits per heavy atom. The van der Waals surface area contributed by atoms with Gasteiger partial charge in [-0.15, -0.1) is 0 Å². The first-order valence-corrected chi connectivity index (χ1v) is 6.74. The smallest absolute Gasteiger partial charge is 0.255 e. The van der Waals surface area contributed by atoms with Crippen molar-refractivity contribution in [3.8, 4) is 5.75 Å². The lowest BCUT2D eigenvalue weighted by Crippen LogP contribution is -2.28. The van der Waals surface area contributed by atoms with Crippen LogP contribution in [0.25, 0.3) is 0 Å². The fourth-order valence-corrected chi connectivity index (χ4v) is 1.85. The summed E-state index contributed by atoms with van der Waals surface area (Å²) < 4.78 is 9.96. The van der Waals surface area contributed by atoms with Gasteiger partial charge in [0.1, 0.15) is 11.5 Å². The number of carbonyl (C=O) groups is 2. The molecule has 0 spiro atoms. The lowest BCUT2D eigenvalue weighted by molar-refractivity contribution is -0.116. The van der Waals surface area contributed by atoms with E-state index in [1.807, 2.05) is 0 Å². The van der Waals surface area contributed by atoms with Crippen LogP contribution in [-0.4, -0.2) is 30.6 Å². The van der Waals surface area contributed by atoms with Gasteiger partial charge in [-0.1, -0.05) is 17.3 Å². The van der Waals surface area contributed by atoms with Crippen molar-refractivity contribution in [3.63, 3.8) is 0 Å². The number of hydrogen-bond acceptors (Lipinski definition) is 5. The number of nitrogens with one attached hydrogen (secondary N) is 2. The Kier molecular flexibility index (Phi) is 5.13. The summed E-state index contributed by atoms with van der Waals surface area (Å²) >= 11 is 0. The van der Waals surface area contributed by atoms with Crippen LogP contribution < -0.4 is 15.4 Å². The molecule has 2 aromatic rings. The maximum atomic E-state index is 12.0. The Labute approximate surface area is 127 Å². The first-order valence-electron chi connectivity index (χ1n) is 6.74. The SMILES string of the molecule is COc1ccccc1C(=O)NCCC(=O)Nc1cc(C)on1. The molecule has 2 rings (SSSR count). The first-order chi connectivity index (χ1) is 10.6. The van der Waals surface area contributed by atoms with Gasteiger partial charge in [0, 0.05) is 19.0 Å². The highest BCUT2D eigenvalue weighted by Gasteiger charge is 2.12. The molecule has 2 N–H and O–H groups in total. The Balaban J connectivity index is 1.80. The van der Waals surface area contributed by atoms with E-state index in [-0.39, 0.29) is 24.8 Å². The molecule has 0 saturated carbocycles. The molecule has 116 valence electrons. The van der Waals surface area contributed by atoms with Crippen molar-refractivity contribution in [2.24, 2.45) is 0 Å². The van der Waals surface area contributed by atoms with E-state index in [0.29, 0.717) is 22.9 Å². The Morgan fingerprint density at radius 2 is 2.09 bits per heavy atom. The number of para-hydroxylation sites is 1. The zero-order chi connectivity index (χ0) is 15.9. The van der Waals surface area contributed by atoms with Crippen LogP contribution in [0.4, 0.5) is 5.82 Å². The maximum Gasteiger partial charge on any atom is 0.255 e. The Morgan fingerprint density at radius 3 is 2.77 bits per heavy atom. The van der Waals surface area contributed by atoms with Crippen molar-refractivity contribution in [1.82, 2.24) is 10.5 Å². The average molecular weight is 303 g/mol. The molecule has 0 aliphatic rings. The molecule has 7 nitrogen and oxygen atoms in total. The maximum absolute atomic E-state index is 12.0. The minimum absolute atomic E-state index is 0.132. The van der Waals surface area contributed by atoms with Gasteiger partial charge in [-0.3, -0.25) is 9.59 Å². The molecule has 1 heterocycles. The van der Waals surface area contributed by atoms with Crippen LogP contribution in [0.2, 0.25) is 0 Å². The second-order valence-corrected chi connectivity index (χ2v) is 4.58. The van der Waals surface area contributed by atoms with Gasteiger partial charge in [-0.25, -0.2) is 0 Å². The minimum Gasteiger partial charge on any atom is -0.496 e. The molecule has 0 saturated heterocycles. The van der Waals surface area contributed by atoms with E-state index in [1.165, 1.54) is 7.11 Å². The van der Waals surface area contributed by atoms with Crippen molar-refractivity contribution < 1.29 is 18.8 Å². The molecule has 0 bridgehead atoms. The molecule has 2 amide bonds. The van der Waals surface area contributed by atoms with Crippen LogP contribution >= 0.6 is 0 Å². The summed E-state index contributed by atoms with van der Waals surface area (Å²) in [6.07, 6.45) is 0.132. The molecular weight excluding hydrogens is 286 g/mol. The number of rotatable bonds is 6. The van der Waals surface area contributed by atoms with Gasteiger partial charge in [0.05, 0.1) is 12.7 Å². The number of nitrogens with zero attached hydrogens (tertiary/aromatic N) is 1. The molecule has 1 aromatic carbocycles. The third-order valence-electron chi connectivity index (χ3n) is 2.88. The van der Waals surface area contributed by atoms with Crippen molar-refractivity contribution in [2.75, 3.05) is 19.0 Å². The van der Waals surface area contributed by atoms with Crippen LogP contribution in [-0.2, 0) is 4.79 Å². The molecule has 0 unspecified atom stereocenters. The predicted molar refractivity (Wildman–Crippen MR) is 79.8 cm³/mol. The number of aryl methyl sites for hydroxylation is 1. The van der Waals surface area contributed by atoms with Gasteiger partial charge < -0.3 is 19.9 Å². The molecule has 22 heavy (non-hydrogen) atoms. The summed E-state index contributed by atoms with van der Waals surface area (Å²) in [4.78, 5) is 23.7. The summed E-state index contributed by atoms with van der Waals surface area (Å²) in [6.45, 7) is 1.94. The van der Waals surface area contributed by atoms with Crippen LogP contribution in [0.5, 0.6) is 5.75 Å². The molecule has 0 atom stereocenters. The van der Waals surface area contributed by atoms with Crippen LogP contribution in [0.3, 0.4) is 0 Å². The van der Waals surface area contributed by atoms with Gasteiger partial charge in [-0.05, 0) is 19.1 Å². The van der Waals surface area contributed by atoms with E-state index in [0.717, 1.165) is 0 Å². The lowest BCUT2D eigenvalue weighted by Gasteiger charge is -2.08. The van der Waals surface area contributed by atoms with Gasteiger partial charge in [0.25, 0.3) is 5.91 Å². The fourth-order valence-electron chi connectivity index (χ4n) is 1.85. The minimum atomic E-state index is -0.289. The molecule has 0 aliphatic heterocycles. The number of hydrogen-bond donors (Lipinski definition) is 2. The number of anilines is 1. The van der Waals surface area contributed by atoms with E-state index < -0.39 is 0 Å². The second-order valence-electron chi connectivity index (χ2n) is 4.58. The lowest BCUT2D eigenvalue weighted by atomic mass is 10.2. The fraction of sp³-hybridized carbons (Fsp3) is 0.267. The highest BCUT2D eigenvalue weighted by Crippen LogP contribution is 2.16. The zero-order valence-electron chi connectivity index (χ0n) is 12.4. The molecule has 0 aliphatic carbocycles. The normalized spacial score (nSPS) is 10.1. The van der Waals surface area contributed by atoms with Crippen molar-refractivity contribution in [2.45, 2.75) is 13.3 Å². The van der Waals surface area contributed by atoms with E-state index in [4.69, 9.17) is 9.26 Å². The second kappa shape index (κ2) is 7.26. The number of benzene rings is 1. The number of amides is 2. The summed E-state index contributed by atoms with van der Waals surface area (Å²) in [5.41, 5.74) is 0.428. The topological polar surface area (TPSA) is 93.5 Å². The largest absolute Gasteiger partial charge is 0.496 e. The predicted octanol–water partition coefficient (Wildman–Crippen LogP) is 1.75. The number of methoxy groups -OCH3 is 1. The van der Waals surface area contributed by atoms with Crippen molar-refractivity contribution in [3.05, 3.63) is 41.7 Å². The number of aromatic nitrogens is 1. The van der Waals surface area contributed by atoms with E-state index in [2.05, 4.69) is 15.8 Å². The average Bonchev–Trinajstić information content (AvgIpc) is 2.92. The van der Waals surface area contributed by atoms with E-state index >= 15 is 0 Å². The van der Waals surface area contributed by atoms with Crippen molar-refractivity contribution in [1.29, 1.82) is 0 Å². The highest BCUT2D eigenvalue weighted by atomic mass is 16.5. The monoisotopic (exact) mass is 303 g/mol. The quantitative estimate of drug-likeness (QED) is 0.848. The van der Waals surface area contributed by atoms with Crippen molar-refractivity contribution >= 4 is 17.6 Å². The Bertz CT molecular complexity index is 666. The van der Waals surface area contributed by atoms with Gasteiger partial charge in [0.15, 0.2) is 5.82 Å². The Hall–Kier alpha value is -2.83. The van der Waals surface area contributed by atoms with Crippen LogP contribution in [0, 0.1) is 6.92 Å².